The minimum absolute atomic E-state index is 0.257. The average molecular weight is 225 g/mol. The zero-order chi connectivity index (χ0) is 11.5. The monoisotopic (exact) mass is 225 g/mol. The van der Waals surface area contributed by atoms with Gasteiger partial charge in [-0.3, -0.25) is 10.1 Å². The molecule has 6 heteroatoms. The standard InChI is InChI=1S/C10H11NO5/c1-14-8-4-7(6-11(12)13)5-9-10(8)16-3-2-15-9/h4-5H,2-3,6H2,1H3. The molecule has 0 aromatic heterocycles. The fourth-order valence-corrected chi connectivity index (χ4v) is 1.57. The lowest BCUT2D eigenvalue weighted by atomic mass is 10.1. The lowest BCUT2D eigenvalue weighted by Crippen LogP contribution is -2.16. The molecule has 6 nitrogen and oxygen atoms in total. The molecule has 86 valence electrons. The highest BCUT2D eigenvalue weighted by atomic mass is 16.6. The maximum atomic E-state index is 10.4. The van der Waals surface area contributed by atoms with Gasteiger partial charge in [0.1, 0.15) is 13.2 Å². The first-order chi connectivity index (χ1) is 7.70. The molecule has 16 heavy (non-hydrogen) atoms. The van der Waals surface area contributed by atoms with Crippen molar-refractivity contribution in [2.75, 3.05) is 20.3 Å². The van der Waals surface area contributed by atoms with Gasteiger partial charge in [-0.2, -0.15) is 0 Å². The van der Waals surface area contributed by atoms with Gasteiger partial charge in [0.25, 0.3) is 0 Å². The zero-order valence-electron chi connectivity index (χ0n) is 8.76. The number of ether oxygens (including phenoxy) is 3. The summed E-state index contributed by atoms with van der Waals surface area (Å²) in [7, 11) is 1.49. The van der Waals surface area contributed by atoms with Crippen molar-refractivity contribution in [3.63, 3.8) is 0 Å². The van der Waals surface area contributed by atoms with E-state index in [0.29, 0.717) is 36.0 Å². The van der Waals surface area contributed by atoms with E-state index in [4.69, 9.17) is 14.2 Å². The number of hydrogen-bond acceptors (Lipinski definition) is 5. The molecule has 1 heterocycles. The normalized spacial score (nSPS) is 13.3. The largest absolute Gasteiger partial charge is 0.493 e. The summed E-state index contributed by atoms with van der Waals surface area (Å²) in [5, 5.41) is 10.4. The van der Waals surface area contributed by atoms with E-state index in [0.717, 1.165) is 0 Å². The second kappa shape index (κ2) is 4.26. The van der Waals surface area contributed by atoms with Crippen molar-refractivity contribution in [3.05, 3.63) is 27.8 Å². The second-order valence-corrected chi connectivity index (χ2v) is 3.31. The molecular formula is C10H11NO5. The molecule has 0 saturated carbocycles. The van der Waals surface area contributed by atoms with E-state index < -0.39 is 4.92 Å². The van der Waals surface area contributed by atoms with E-state index >= 15 is 0 Å². The predicted octanol–water partition coefficient (Wildman–Crippen LogP) is 1.24. The third kappa shape index (κ3) is 2.00. The number of nitro groups is 1. The Hall–Kier alpha value is -1.98. The van der Waals surface area contributed by atoms with Crippen LogP contribution in [0.25, 0.3) is 0 Å². The van der Waals surface area contributed by atoms with Crippen LogP contribution in [-0.4, -0.2) is 25.2 Å². The quantitative estimate of drug-likeness (QED) is 0.571. The Morgan fingerprint density at radius 1 is 1.44 bits per heavy atom. The number of hydrogen-bond donors (Lipinski definition) is 0. The Morgan fingerprint density at radius 3 is 2.88 bits per heavy atom. The van der Waals surface area contributed by atoms with Gasteiger partial charge < -0.3 is 14.2 Å². The van der Waals surface area contributed by atoms with Crippen LogP contribution in [0.4, 0.5) is 0 Å². The molecule has 2 rings (SSSR count). The highest BCUT2D eigenvalue weighted by Gasteiger charge is 2.19. The molecule has 1 aromatic rings. The van der Waals surface area contributed by atoms with Gasteiger partial charge in [0.05, 0.1) is 7.11 Å². The number of nitrogens with zero attached hydrogens (tertiary/aromatic N) is 1. The molecule has 0 atom stereocenters. The summed E-state index contributed by atoms with van der Waals surface area (Å²) >= 11 is 0. The van der Waals surface area contributed by atoms with E-state index in [9.17, 15) is 10.1 Å². The summed E-state index contributed by atoms with van der Waals surface area (Å²) in [4.78, 5) is 10.0. The third-order valence-corrected chi connectivity index (χ3v) is 2.20. The number of rotatable bonds is 3. The van der Waals surface area contributed by atoms with E-state index in [1.807, 2.05) is 0 Å². The van der Waals surface area contributed by atoms with Crippen LogP contribution in [-0.2, 0) is 6.54 Å². The van der Waals surface area contributed by atoms with Crippen molar-refractivity contribution < 1.29 is 19.1 Å². The van der Waals surface area contributed by atoms with Crippen molar-refractivity contribution in [3.8, 4) is 17.2 Å². The molecule has 0 fully saturated rings. The van der Waals surface area contributed by atoms with Crippen molar-refractivity contribution in [2.45, 2.75) is 6.54 Å². The molecule has 0 spiro atoms. The van der Waals surface area contributed by atoms with E-state index in [1.165, 1.54) is 7.11 Å². The fraction of sp³-hybridized carbons (Fsp3) is 0.400. The Labute approximate surface area is 91.9 Å². The summed E-state index contributed by atoms with van der Waals surface area (Å²) in [6.07, 6.45) is 0. The molecule has 0 aliphatic carbocycles. The Kier molecular flexibility index (Phi) is 2.80. The number of fused-ring (bicyclic) bond motifs is 1. The van der Waals surface area contributed by atoms with Crippen LogP contribution in [0.5, 0.6) is 17.2 Å². The van der Waals surface area contributed by atoms with Crippen LogP contribution < -0.4 is 14.2 Å². The van der Waals surface area contributed by atoms with Gasteiger partial charge in [0, 0.05) is 10.5 Å². The molecule has 0 bridgehead atoms. The SMILES string of the molecule is COc1cc(C[N+](=O)[O-])cc2c1OCCO2. The van der Waals surface area contributed by atoms with Crippen LogP contribution in [0.1, 0.15) is 5.56 Å². The summed E-state index contributed by atoms with van der Waals surface area (Å²) in [5.41, 5.74) is 0.533. The van der Waals surface area contributed by atoms with Gasteiger partial charge in [-0.05, 0) is 12.1 Å². The Morgan fingerprint density at radius 2 is 2.19 bits per heavy atom. The smallest absolute Gasteiger partial charge is 0.229 e. The zero-order valence-corrected chi connectivity index (χ0v) is 8.76. The summed E-state index contributed by atoms with van der Waals surface area (Å²) in [6.45, 7) is 0.642. The third-order valence-electron chi connectivity index (χ3n) is 2.20. The molecule has 0 N–H and O–H groups in total. The first-order valence-corrected chi connectivity index (χ1v) is 4.79. The van der Waals surface area contributed by atoms with E-state index in [2.05, 4.69) is 0 Å². The highest BCUT2D eigenvalue weighted by Crippen LogP contribution is 2.40. The van der Waals surface area contributed by atoms with Gasteiger partial charge in [0.15, 0.2) is 11.5 Å². The number of methoxy groups -OCH3 is 1. The molecule has 0 unspecified atom stereocenters. The van der Waals surface area contributed by atoms with Gasteiger partial charge in [0.2, 0.25) is 12.3 Å². The lowest BCUT2D eigenvalue weighted by Gasteiger charge is -2.20. The minimum Gasteiger partial charge on any atom is -0.493 e. The van der Waals surface area contributed by atoms with Crippen LogP contribution >= 0.6 is 0 Å². The minimum atomic E-state index is -0.398. The molecule has 1 aliphatic heterocycles. The van der Waals surface area contributed by atoms with Crippen molar-refractivity contribution in [1.82, 2.24) is 0 Å². The van der Waals surface area contributed by atoms with E-state index in [1.54, 1.807) is 12.1 Å². The fourth-order valence-electron chi connectivity index (χ4n) is 1.57. The maximum Gasteiger partial charge on any atom is 0.229 e. The Bertz CT molecular complexity index is 401. The van der Waals surface area contributed by atoms with Crippen LogP contribution in [0.3, 0.4) is 0 Å². The molecule has 1 aliphatic rings. The number of benzene rings is 1. The van der Waals surface area contributed by atoms with Gasteiger partial charge in [-0.25, -0.2) is 0 Å². The molecule has 0 radical (unpaired) electrons. The van der Waals surface area contributed by atoms with Crippen LogP contribution in [0.2, 0.25) is 0 Å². The second-order valence-electron chi connectivity index (χ2n) is 3.31. The first kappa shape index (κ1) is 10.5. The lowest BCUT2D eigenvalue weighted by molar-refractivity contribution is -0.496. The first-order valence-electron chi connectivity index (χ1n) is 4.79. The van der Waals surface area contributed by atoms with Crippen molar-refractivity contribution in [2.24, 2.45) is 0 Å². The van der Waals surface area contributed by atoms with Crippen LogP contribution in [0, 0.1) is 10.1 Å². The van der Waals surface area contributed by atoms with Crippen molar-refractivity contribution in [1.29, 1.82) is 0 Å². The molecular weight excluding hydrogens is 214 g/mol. The summed E-state index contributed by atoms with van der Waals surface area (Å²) in [6, 6.07) is 3.20. The molecule has 0 amide bonds. The summed E-state index contributed by atoms with van der Waals surface area (Å²) < 4.78 is 15.9. The van der Waals surface area contributed by atoms with Crippen LogP contribution in [0.15, 0.2) is 12.1 Å². The van der Waals surface area contributed by atoms with Crippen molar-refractivity contribution >= 4 is 0 Å². The Balaban J connectivity index is 2.39. The van der Waals surface area contributed by atoms with Gasteiger partial charge in [-0.1, -0.05) is 0 Å². The maximum absolute atomic E-state index is 10.4. The highest BCUT2D eigenvalue weighted by molar-refractivity contribution is 5.54. The molecule has 1 aromatic carbocycles. The van der Waals surface area contributed by atoms with Gasteiger partial charge >= 0.3 is 0 Å². The summed E-state index contributed by atoms with van der Waals surface area (Å²) in [5.74, 6) is 1.48. The van der Waals surface area contributed by atoms with Gasteiger partial charge in [-0.15, -0.1) is 0 Å². The van der Waals surface area contributed by atoms with E-state index in [-0.39, 0.29) is 6.54 Å². The predicted molar refractivity (Wildman–Crippen MR) is 54.7 cm³/mol. The topological polar surface area (TPSA) is 70.8 Å². The average Bonchev–Trinajstić information content (AvgIpc) is 2.27. The molecule has 0 saturated heterocycles.